The molecule has 2 aliphatic heterocycles. The number of likely N-dealkylation sites (N-methyl/N-ethyl adjacent to an activating group) is 1. The SMILES string of the molecule is CN1C(=O)/C(=C\C2CC=C(c3cccc(C(=O)O)c3)O2)SC1=S. The van der Waals surface area contributed by atoms with Crippen LogP contribution in [0.4, 0.5) is 0 Å². The van der Waals surface area contributed by atoms with Crippen LogP contribution in [0.3, 0.4) is 0 Å². The third-order valence-electron chi connectivity index (χ3n) is 3.53. The van der Waals surface area contributed by atoms with E-state index in [4.69, 9.17) is 22.1 Å². The Morgan fingerprint density at radius 2 is 2.30 bits per heavy atom. The smallest absolute Gasteiger partial charge is 0.335 e. The minimum atomic E-state index is -0.978. The Bertz CT molecular complexity index is 769. The van der Waals surface area contributed by atoms with E-state index < -0.39 is 5.97 Å². The van der Waals surface area contributed by atoms with Gasteiger partial charge in [-0.1, -0.05) is 36.1 Å². The van der Waals surface area contributed by atoms with Crippen LogP contribution in [0.1, 0.15) is 22.3 Å². The zero-order chi connectivity index (χ0) is 16.6. The Labute approximate surface area is 142 Å². The van der Waals surface area contributed by atoms with Gasteiger partial charge in [0.1, 0.15) is 16.2 Å². The van der Waals surface area contributed by atoms with E-state index in [2.05, 4.69) is 0 Å². The molecule has 5 nitrogen and oxygen atoms in total. The van der Waals surface area contributed by atoms with Crippen LogP contribution in [0, 0.1) is 0 Å². The predicted molar refractivity (Wildman–Crippen MR) is 91.9 cm³/mol. The van der Waals surface area contributed by atoms with Crippen LogP contribution in [0.15, 0.2) is 41.3 Å². The summed E-state index contributed by atoms with van der Waals surface area (Å²) in [7, 11) is 1.65. The van der Waals surface area contributed by atoms with E-state index in [0.717, 1.165) is 0 Å². The molecular weight excluding hydrogens is 334 g/mol. The molecule has 0 saturated carbocycles. The van der Waals surface area contributed by atoms with E-state index >= 15 is 0 Å². The highest BCUT2D eigenvalue weighted by atomic mass is 32.2. The molecule has 2 heterocycles. The van der Waals surface area contributed by atoms with Gasteiger partial charge in [-0.3, -0.25) is 9.69 Å². The number of amides is 1. The molecule has 0 spiro atoms. The molecule has 0 bridgehead atoms. The number of hydrogen-bond donors (Lipinski definition) is 1. The van der Waals surface area contributed by atoms with Crippen LogP contribution < -0.4 is 0 Å². The molecule has 1 saturated heterocycles. The quantitative estimate of drug-likeness (QED) is 0.670. The van der Waals surface area contributed by atoms with Gasteiger partial charge in [0, 0.05) is 19.0 Å². The fourth-order valence-corrected chi connectivity index (χ4v) is 3.51. The van der Waals surface area contributed by atoms with Crippen LogP contribution in [0.5, 0.6) is 0 Å². The van der Waals surface area contributed by atoms with Crippen molar-refractivity contribution in [3.05, 3.63) is 52.4 Å². The van der Waals surface area contributed by atoms with Crippen LogP contribution in [0.25, 0.3) is 5.76 Å². The lowest BCUT2D eigenvalue weighted by molar-refractivity contribution is -0.121. The van der Waals surface area contributed by atoms with Gasteiger partial charge in [-0.2, -0.15) is 0 Å². The first kappa shape index (κ1) is 15.8. The number of carbonyl (C=O) groups is 2. The number of carbonyl (C=O) groups excluding carboxylic acids is 1. The number of aromatic carboxylic acids is 1. The minimum absolute atomic E-state index is 0.120. The van der Waals surface area contributed by atoms with Gasteiger partial charge in [0.15, 0.2) is 0 Å². The molecule has 0 aliphatic carbocycles. The van der Waals surface area contributed by atoms with Crippen molar-refractivity contribution in [1.82, 2.24) is 4.90 Å². The number of thiocarbonyl (C=S) groups is 1. The van der Waals surface area contributed by atoms with E-state index in [1.165, 1.54) is 22.7 Å². The van der Waals surface area contributed by atoms with Gasteiger partial charge in [0.05, 0.1) is 10.5 Å². The Hall–Kier alpha value is -2.12. The number of rotatable bonds is 3. The van der Waals surface area contributed by atoms with E-state index in [0.29, 0.717) is 27.0 Å². The van der Waals surface area contributed by atoms with Crippen LogP contribution >= 0.6 is 24.0 Å². The second-order valence-corrected chi connectivity index (χ2v) is 6.79. The molecule has 1 amide bonds. The molecule has 23 heavy (non-hydrogen) atoms. The molecule has 118 valence electrons. The van der Waals surface area contributed by atoms with Crippen molar-refractivity contribution in [3.8, 4) is 0 Å². The normalized spacial score (nSPS) is 22.5. The van der Waals surface area contributed by atoms with Crippen LogP contribution in [-0.4, -0.2) is 39.4 Å². The molecule has 1 aromatic rings. The number of carboxylic acid groups (broad SMARTS) is 1. The summed E-state index contributed by atoms with van der Waals surface area (Å²) in [4.78, 5) is 25.0. The largest absolute Gasteiger partial charge is 0.486 e. The zero-order valence-electron chi connectivity index (χ0n) is 12.2. The Morgan fingerprint density at radius 1 is 1.52 bits per heavy atom. The zero-order valence-corrected chi connectivity index (χ0v) is 13.8. The third kappa shape index (κ3) is 3.16. The highest BCUT2D eigenvalue weighted by molar-refractivity contribution is 8.26. The van der Waals surface area contributed by atoms with Crippen molar-refractivity contribution in [3.63, 3.8) is 0 Å². The van der Waals surface area contributed by atoms with Crippen LogP contribution in [-0.2, 0) is 9.53 Å². The summed E-state index contributed by atoms with van der Waals surface area (Å²) in [6, 6.07) is 6.58. The molecule has 7 heteroatoms. The number of nitrogens with zero attached hydrogens (tertiary/aromatic N) is 1. The minimum Gasteiger partial charge on any atom is -0.486 e. The van der Waals surface area contributed by atoms with Gasteiger partial charge in [-0.05, 0) is 24.3 Å². The Balaban J connectivity index is 1.74. The standard InChI is InChI=1S/C16H13NO4S2/c1-17-14(18)13(23-16(17)22)8-11-5-6-12(21-11)9-3-2-4-10(7-9)15(19)20/h2-4,6-8,11H,5H2,1H3,(H,19,20)/b13-8+. The first-order chi connectivity index (χ1) is 11.0. The van der Waals surface area contributed by atoms with Gasteiger partial charge >= 0.3 is 5.97 Å². The maximum atomic E-state index is 12.0. The lowest BCUT2D eigenvalue weighted by atomic mass is 10.1. The number of ether oxygens (including phenoxy) is 1. The summed E-state index contributed by atoms with van der Waals surface area (Å²) < 4.78 is 6.36. The number of benzene rings is 1. The first-order valence-corrected chi connectivity index (χ1v) is 8.10. The fourth-order valence-electron chi connectivity index (χ4n) is 2.30. The monoisotopic (exact) mass is 347 g/mol. The Kier molecular flexibility index (Phi) is 4.23. The molecular formula is C16H13NO4S2. The molecule has 2 aliphatic rings. The van der Waals surface area contributed by atoms with E-state index in [1.54, 1.807) is 31.3 Å². The van der Waals surface area contributed by atoms with E-state index in [1.807, 2.05) is 6.08 Å². The summed E-state index contributed by atoms with van der Waals surface area (Å²) in [5.41, 5.74) is 0.922. The molecule has 1 atom stereocenters. The van der Waals surface area contributed by atoms with E-state index in [-0.39, 0.29) is 17.6 Å². The maximum Gasteiger partial charge on any atom is 0.335 e. The lowest BCUT2D eigenvalue weighted by Crippen LogP contribution is -2.22. The van der Waals surface area contributed by atoms with Crippen molar-refractivity contribution in [2.45, 2.75) is 12.5 Å². The van der Waals surface area contributed by atoms with Gasteiger partial charge in [0.25, 0.3) is 5.91 Å². The molecule has 1 fully saturated rings. The average Bonchev–Trinajstić information content (AvgIpc) is 3.09. The summed E-state index contributed by atoms with van der Waals surface area (Å²) >= 11 is 6.35. The molecule has 0 radical (unpaired) electrons. The summed E-state index contributed by atoms with van der Waals surface area (Å²) in [6.07, 6.45) is 4.04. The second-order valence-electron chi connectivity index (χ2n) is 5.11. The molecule has 3 rings (SSSR count). The Morgan fingerprint density at radius 3 is 2.96 bits per heavy atom. The predicted octanol–water partition coefficient (Wildman–Crippen LogP) is 2.89. The molecule has 1 unspecified atom stereocenters. The van der Waals surface area contributed by atoms with Crippen molar-refractivity contribution in [2.24, 2.45) is 0 Å². The van der Waals surface area contributed by atoms with Gasteiger partial charge in [0.2, 0.25) is 0 Å². The topological polar surface area (TPSA) is 66.8 Å². The number of thioether (sulfide) groups is 1. The number of hydrogen-bond acceptors (Lipinski definition) is 5. The third-order valence-corrected chi connectivity index (χ3v) is 5.03. The van der Waals surface area contributed by atoms with Gasteiger partial charge < -0.3 is 9.84 Å². The number of carboxylic acids is 1. The highest BCUT2D eigenvalue weighted by Crippen LogP contribution is 2.33. The molecule has 1 aromatic carbocycles. The van der Waals surface area contributed by atoms with Crippen molar-refractivity contribution in [1.29, 1.82) is 0 Å². The highest BCUT2D eigenvalue weighted by Gasteiger charge is 2.30. The molecule has 1 N–H and O–H groups in total. The van der Waals surface area contributed by atoms with Crippen LogP contribution in [0.2, 0.25) is 0 Å². The van der Waals surface area contributed by atoms with E-state index in [9.17, 15) is 9.59 Å². The summed E-state index contributed by atoms with van der Waals surface area (Å²) in [6.45, 7) is 0. The lowest BCUT2D eigenvalue weighted by Gasteiger charge is -2.10. The van der Waals surface area contributed by atoms with Crippen molar-refractivity contribution >= 4 is 45.9 Å². The van der Waals surface area contributed by atoms with Crippen molar-refractivity contribution in [2.75, 3.05) is 7.05 Å². The fraction of sp³-hybridized carbons (Fsp3) is 0.188. The first-order valence-electron chi connectivity index (χ1n) is 6.88. The van der Waals surface area contributed by atoms with Crippen molar-refractivity contribution < 1.29 is 19.4 Å². The van der Waals surface area contributed by atoms with Gasteiger partial charge in [-0.25, -0.2) is 4.79 Å². The summed E-state index contributed by atoms with van der Waals surface area (Å²) in [5, 5.41) is 9.05. The average molecular weight is 347 g/mol. The second kappa shape index (κ2) is 6.17. The maximum absolute atomic E-state index is 12.0. The van der Waals surface area contributed by atoms with Gasteiger partial charge in [-0.15, -0.1) is 0 Å². The molecule has 0 aromatic heterocycles. The summed E-state index contributed by atoms with van der Waals surface area (Å²) in [5.74, 6) is -0.472.